The number of alkyl halides is 3. The first-order valence-corrected chi connectivity index (χ1v) is 8.92. The third-order valence-electron chi connectivity index (χ3n) is 4.79. The van der Waals surface area contributed by atoms with Crippen molar-refractivity contribution in [2.75, 3.05) is 0 Å². The third kappa shape index (κ3) is 3.37. The number of amides is 1. The molecule has 0 saturated heterocycles. The van der Waals surface area contributed by atoms with Gasteiger partial charge in [-0.15, -0.1) is 5.10 Å². The van der Waals surface area contributed by atoms with Gasteiger partial charge in [-0.3, -0.25) is 4.79 Å². The fourth-order valence-electron chi connectivity index (χ4n) is 3.26. The molecule has 0 radical (unpaired) electrons. The number of carbonyl (C=O) groups is 1. The van der Waals surface area contributed by atoms with Gasteiger partial charge in [-0.05, 0) is 25.5 Å². The Morgan fingerprint density at radius 1 is 1.20 bits per heavy atom. The van der Waals surface area contributed by atoms with Crippen molar-refractivity contribution < 1.29 is 22.4 Å². The summed E-state index contributed by atoms with van der Waals surface area (Å²) < 4.78 is 54.6. The molecule has 4 heterocycles. The van der Waals surface area contributed by atoms with Crippen molar-refractivity contribution in [3.63, 3.8) is 0 Å². The van der Waals surface area contributed by atoms with Gasteiger partial charge in [-0.2, -0.15) is 17.9 Å². The van der Waals surface area contributed by atoms with E-state index in [1.165, 1.54) is 9.58 Å². The normalized spacial score (nSPS) is 16.5. The van der Waals surface area contributed by atoms with Crippen LogP contribution in [0.2, 0.25) is 0 Å². The quantitative estimate of drug-likeness (QED) is 0.591. The second kappa shape index (κ2) is 7.11. The minimum absolute atomic E-state index is 0.0374. The largest absolute Gasteiger partial charge is 0.436 e. The van der Waals surface area contributed by atoms with Crippen molar-refractivity contribution >= 4 is 5.91 Å². The van der Waals surface area contributed by atoms with Crippen LogP contribution in [0.1, 0.15) is 39.9 Å². The van der Waals surface area contributed by atoms with Gasteiger partial charge in [-0.25, -0.2) is 19.3 Å². The predicted octanol–water partition coefficient (Wildman–Crippen LogP) is 2.51. The van der Waals surface area contributed by atoms with Gasteiger partial charge in [0.25, 0.3) is 11.9 Å². The highest BCUT2D eigenvalue weighted by molar-refractivity contribution is 5.95. The molecular formula is C18H15F4N7O. The highest BCUT2D eigenvalue weighted by Gasteiger charge is 2.39. The fraction of sp³-hybridized carbons (Fsp3) is 0.333. The van der Waals surface area contributed by atoms with Crippen molar-refractivity contribution in [1.29, 1.82) is 0 Å². The molecule has 0 aromatic carbocycles. The highest BCUT2D eigenvalue weighted by Crippen LogP contribution is 2.32. The Morgan fingerprint density at radius 2 is 1.90 bits per heavy atom. The van der Waals surface area contributed by atoms with Crippen molar-refractivity contribution in [2.45, 2.75) is 39.0 Å². The highest BCUT2D eigenvalue weighted by atomic mass is 19.4. The molecule has 1 aliphatic heterocycles. The average Bonchev–Trinajstić information content (AvgIpc) is 3.09. The summed E-state index contributed by atoms with van der Waals surface area (Å²) in [6.07, 6.45) is -0.683. The molecular weight excluding hydrogens is 406 g/mol. The molecule has 0 fully saturated rings. The number of hydrogen-bond acceptors (Lipinski definition) is 6. The minimum atomic E-state index is -5.00. The van der Waals surface area contributed by atoms with E-state index in [0.29, 0.717) is 23.8 Å². The minimum Gasteiger partial charge on any atom is -0.329 e. The van der Waals surface area contributed by atoms with Crippen LogP contribution in [0.3, 0.4) is 0 Å². The zero-order valence-electron chi connectivity index (χ0n) is 15.9. The van der Waals surface area contributed by atoms with Crippen LogP contribution in [0.25, 0.3) is 5.95 Å². The molecule has 0 unspecified atom stereocenters. The first-order valence-electron chi connectivity index (χ1n) is 8.92. The molecule has 12 heteroatoms. The number of nitrogens with zero attached hydrogens (tertiary/aromatic N) is 7. The lowest BCUT2D eigenvalue weighted by Crippen LogP contribution is -2.43. The Labute approximate surface area is 167 Å². The lowest BCUT2D eigenvalue weighted by molar-refractivity contribution is -0.143. The summed E-state index contributed by atoms with van der Waals surface area (Å²) in [7, 11) is 0. The molecule has 4 rings (SSSR count). The Morgan fingerprint density at radius 3 is 2.57 bits per heavy atom. The van der Waals surface area contributed by atoms with Gasteiger partial charge in [0, 0.05) is 31.1 Å². The predicted molar refractivity (Wildman–Crippen MR) is 93.9 cm³/mol. The van der Waals surface area contributed by atoms with E-state index >= 15 is 0 Å². The zero-order valence-corrected chi connectivity index (χ0v) is 15.9. The number of carbonyl (C=O) groups excluding carboxylic acids is 1. The summed E-state index contributed by atoms with van der Waals surface area (Å²) in [6, 6.07) is 0.487. The molecule has 1 atom stereocenters. The van der Waals surface area contributed by atoms with Crippen LogP contribution in [0.4, 0.5) is 17.6 Å². The lowest BCUT2D eigenvalue weighted by atomic mass is 10.0. The Bertz CT molecular complexity index is 1110. The molecule has 1 amide bonds. The average molecular weight is 421 g/mol. The summed E-state index contributed by atoms with van der Waals surface area (Å²) in [5.41, 5.74) is -0.420. The number of aromatic nitrogens is 6. The van der Waals surface area contributed by atoms with Crippen LogP contribution < -0.4 is 0 Å². The molecule has 8 nitrogen and oxygen atoms in total. The molecule has 3 aromatic rings. The molecule has 30 heavy (non-hydrogen) atoms. The second-order valence-electron chi connectivity index (χ2n) is 6.96. The van der Waals surface area contributed by atoms with Crippen molar-refractivity contribution in [3.05, 3.63) is 58.7 Å². The topological polar surface area (TPSA) is 89.7 Å². The van der Waals surface area contributed by atoms with E-state index in [-0.39, 0.29) is 6.54 Å². The first-order chi connectivity index (χ1) is 14.2. The number of rotatable bonds is 2. The standard InChI is InChI=1S/C18H15F4N7O/c1-9-6-24-17(25-7-9)29-13-5-10(2)28(8-12(13)26-27-29)16(30)11-3-4-23-15(14(11)19)18(20,21)22/h3-4,6-7,10H,5,8H2,1-2H3/t10-/m0/s1. The molecule has 1 aliphatic rings. The van der Waals surface area contributed by atoms with E-state index in [9.17, 15) is 22.4 Å². The van der Waals surface area contributed by atoms with Crippen LogP contribution in [-0.2, 0) is 19.1 Å². The fourth-order valence-corrected chi connectivity index (χ4v) is 3.26. The third-order valence-corrected chi connectivity index (χ3v) is 4.79. The smallest absolute Gasteiger partial charge is 0.329 e. The van der Waals surface area contributed by atoms with E-state index in [1.54, 1.807) is 19.3 Å². The van der Waals surface area contributed by atoms with Crippen LogP contribution in [0.5, 0.6) is 0 Å². The van der Waals surface area contributed by atoms with Crippen molar-refractivity contribution in [2.24, 2.45) is 0 Å². The summed E-state index contributed by atoms with van der Waals surface area (Å²) in [6.45, 7) is 3.51. The first kappa shape index (κ1) is 19.9. The maximum Gasteiger partial charge on any atom is 0.436 e. The monoisotopic (exact) mass is 421 g/mol. The van der Waals surface area contributed by atoms with Gasteiger partial charge in [0.2, 0.25) is 0 Å². The summed E-state index contributed by atoms with van der Waals surface area (Å²) in [5, 5.41) is 8.08. The summed E-state index contributed by atoms with van der Waals surface area (Å²) in [4.78, 5) is 25.5. The van der Waals surface area contributed by atoms with Gasteiger partial charge in [0.1, 0.15) is 5.69 Å². The molecule has 0 spiro atoms. The number of pyridine rings is 1. The lowest BCUT2D eigenvalue weighted by Gasteiger charge is -2.33. The second-order valence-corrected chi connectivity index (χ2v) is 6.96. The molecule has 156 valence electrons. The van der Waals surface area contributed by atoms with Crippen LogP contribution >= 0.6 is 0 Å². The summed E-state index contributed by atoms with van der Waals surface area (Å²) in [5.74, 6) is -2.25. The van der Waals surface area contributed by atoms with E-state index in [1.807, 2.05) is 6.92 Å². The molecule has 0 bridgehead atoms. The van der Waals surface area contributed by atoms with Gasteiger partial charge >= 0.3 is 6.18 Å². The summed E-state index contributed by atoms with van der Waals surface area (Å²) >= 11 is 0. The molecule has 0 N–H and O–H groups in total. The molecule has 3 aromatic heterocycles. The van der Waals surface area contributed by atoms with Gasteiger partial charge < -0.3 is 4.90 Å². The van der Waals surface area contributed by atoms with E-state index < -0.39 is 35.2 Å². The van der Waals surface area contributed by atoms with Crippen LogP contribution in [0, 0.1) is 12.7 Å². The SMILES string of the molecule is Cc1cnc(-n2nnc3c2C[C@H](C)N(C(=O)c2ccnc(C(F)(F)F)c2F)C3)nc1. The van der Waals surface area contributed by atoms with E-state index in [4.69, 9.17) is 0 Å². The van der Waals surface area contributed by atoms with Crippen LogP contribution in [-0.4, -0.2) is 46.8 Å². The number of aryl methyl sites for hydroxylation is 1. The Hall–Kier alpha value is -3.44. The maximum atomic E-state index is 14.4. The van der Waals surface area contributed by atoms with E-state index in [2.05, 4.69) is 25.3 Å². The zero-order chi connectivity index (χ0) is 21.6. The number of hydrogen-bond donors (Lipinski definition) is 0. The van der Waals surface area contributed by atoms with Crippen LogP contribution in [0.15, 0.2) is 24.7 Å². The Kier molecular flexibility index (Phi) is 4.71. The molecule has 0 aliphatic carbocycles. The number of halogens is 4. The van der Waals surface area contributed by atoms with E-state index in [0.717, 1.165) is 17.8 Å². The van der Waals surface area contributed by atoms with Crippen molar-refractivity contribution in [1.82, 2.24) is 34.8 Å². The van der Waals surface area contributed by atoms with Crippen molar-refractivity contribution in [3.8, 4) is 5.95 Å². The Balaban J connectivity index is 1.65. The van der Waals surface area contributed by atoms with Gasteiger partial charge in [-0.1, -0.05) is 5.21 Å². The molecule has 0 saturated carbocycles. The van der Waals surface area contributed by atoms with Gasteiger partial charge in [0.05, 0.1) is 17.8 Å². The maximum absolute atomic E-state index is 14.4. The number of fused-ring (bicyclic) bond motifs is 1. The van der Waals surface area contributed by atoms with Gasteiger partial charge in [0.15, 0.2) is 11.5 Å².